The predicted molar refractivity (Wildman–Crippen MR) is 159 cm³/mol. The highest BCUT2D eigenvalue weighted by Crippen LogP contribution is 2.55. The highest BCUT2D eigenvalue weighted by molar-refractivity contribution is 6.32. The first kappa shape index (κ1) is 29.8. The van der Waals surface area contributed by atoms with Crippen LogP contribution in [0.3, 0.4) is 0 Å². The molecule has 1 heterocycles. The molecule has 0 spiro atoms. The van der Waals surface area contributed by atoms with Crippen LogP contribution in [0.5, 0.6) is 11.5 Å². The fourth-order valence-corrected chi connectivity index (χ4v) is 6.69. The van der Waals surface area contributed by atoms with Crippen molar-refractivity contribution in [3.8, 4) is 11.5 Å². The molecule has 0 saturated carbocycles. The zero-order valence-electron chi connectivity index (χ0n) is 24.8. The molecule has 7 nitrogen and oxygen atoms in total. The van der Waals surface area contributed by atoms with E-state index in [-0.39, 0.29) is 45.5 Å². The monoisotopic (exact) mass is 594 g/mol. The summed E-state index contributed by atoms with van der Waals surface area (Å²) in [6, 6.07) is 8.83. The lowest BCUT2D eigenvalue weighted by molar-refractivity contribution is -0.120. The van der Waals surface area contributed by atoms with Crippen molar-refractivity contribution in [2.24, 2.45) is 10.8 Å². The Morgan fingerprint density at radius 3 is 2.05 bits per heavy atom. The maximum Gasteiger partial charge on any atom is 0.262 e. The number of anilines is 1. The molecule has 0 fully saturated rings. The van der Waals surface area contributed by atoms with E-state index < -0.39 is 17.6 Å². The Hall–Kier alpha value is -3.65. The van der Waals surface area contributed by atoms with E-state index >= 15 is 0 Å². The summed E-state index contributed by atoms with van der Waals surface area (Å²) in [4.78, 5) is 42.1. The average Bonchev–Trinajstić information content (AvgIpc) is 2.89. The Bertz CT molecular complexity index is 1490. The topological polar surface area (TPSA) is 84.9 Å². The van der Waals surface area contributed by atoms with E-state index in [1.807, 2.05) is 7.05 Å². The van der Waals surface area contributed by atoms with E-state index in [0.29, 0.717) is 48.1 Å². The summed E-state index contributed by atoms with van der Waals surface area (Å²) >= 11 is 6.75. The van der Waals surface area contributed by atoms with Gasteiger partial charge in [0.2, 0.25) is 0 Å². The molecule has 0 saturated heterocycles. The highest BCUT2D eigenvalue weighted by atomic mass is 35.5. The second-order valence-electron chi connectivity index (χ2n) is 13.0. The quantitative estimate of drug-likeness (QED) is 0.395. The summed E-state index contributed by atoms with van der Waals surface area (Å²) in [6.07, 6.45) is 2.19. The maximum atomic E-state index is 13.8. The van der Waals surface area contributed by atoms with E-state index in [0.717, 1.165) is 11.4 Å². The number of allylic oxidation sites excluding steroid dienone is 4. The van der Waals surface area contributed by atoms with Crippen LogP contribution in [0, 0.1) is 16.6 Å². The fraction of sp³-hybridized carbons (Fsp3) is 0.424. The van der Waals surface area contributed by atoms with E-state index in [4.69, 9.17) is 21.1 Å². The van der Waals surface area contributed by atoms with Gasteiger partial charge in [-0.15, -0.1) is 0 Å². The minimum atomic E-state index is -0.583. The number of nitrogens with one attached hydrogen (secondary N) is 1. The number of hydrogen-bond donors (Lipinski definition) is 1. The number of carbonyl (C=O) groups is 3. The molecule has 42 heavy (non-hydrogen) atoms. The van der Waals surface area contributed by atoms with Crippen LogP contribution < -0.4 is 14.8 Å². The Labute approximate surface area is 250 Å². The summed E-state index contributed by atoms with van der Waals surface area (Å²) < 4.78 is 24.6. The van der Waals surface area contributed by atoms with Crippen molar-refractivity contribution in [2.45, 2.75) is 59.3 Å². The molecule has 0 aromatic heterocycles. The summed E-state index contributed by atoms with van der Waals surface area (Å²) in [5.74, 6) is -0.961. The first-order valence-corrected chi connectivity index (χ1v) is 14.4. The molecule has 222 valence electrons. The SMILES string of the molecule is COc1cc(C2C3=C(CC(C)(C)CC3=O)N(C)C3=C2C(=O)CC(C)(C)C3)cc(Cl)c1OCC(=O)Nc1ccc(F)cc1. The number of rotatable bonds is 6. The highest BCUT2D eigenvalue weighted by Gasteiger charge is 2.48. The third-order valence-corrected chi connectivity index (χ3v) is 8.52. The second kappa shape index (κ2) is 10.9. The molecule has 1 amide bonds. The van der Waals surface area contributed by atoms with Crippen LogP contribution in [0.4, 0.5) is 10.1 Å². The molecule has 9 heteroatoms. The summed E-state index contributed by atoms with van der Waals surface area (Å²) in [7, 11) is 3.43. The van der Waals surface area contributed by atoms with E-state index in [2.05, 4.69) is 37.9 Å². The van der Waals surface area contributed by atoms with Gasteiger partial charge in [0, 0.05) is 54.0 Å². The largest absolute Gasteiger partial charge is 0.493 e. The normalized spacial score (nSPS) is 19.9. The van der Waals surface area contributed by atoms with Gasteiger partial charge in [0.1, 0.15) is 5.82 Å². The van der Waals surface area contributed by atoms with Gasteiger partial charge in [-0.2, -0.15) is 0 Å². The number of carbonyl (C=O) groups excluding carboxylic acids is 3. The van der Waals surface area contributed by atoms with Crippen LogP contribution in [0.15, 0.2) is 58.9 Å². The van der Waals surface area contributed by atoms with E-state index in [9.17, 15) is 18.8 Å². The van der Waals surface area contributed by atoms with Crippen molar-refractivity contribution < 1.29 is 28.2 Å². The number of ketones is 2. The molecule has 1 aliphatic heterocycles. The van der Waals surface area contributed by atoms with Crippen molar-refractivity contribution in [3.63, 3.8) is 0 Å². The molecule has 0 bridgehead atoms. The lowest BCUT2D eigenvalue weighted by atomic mass is 9.63. The van der Waals surface area contributed by atoms with Crippen LogP contribution in [0.1, 0.15) is 64.9 Å². The average molecular weight is 595 g/mol. The van der Waals surface area contributed by atoms with Gasteiger partial charge >= 0.3 is 0 Å². The Morgan fingerprint density at radius 2 is 1.52 bits per heavy atom. The third-order valence-electron chi connectivity index (χ3n) is 8.24. The number of benzene rings is 2. The summed E-state index contributed by atoms with van der Waals surface area (Å²) in [5, 5.41) is 2.83. The van der Waals surface area contributed by atoms with Gasteiger partial charge < -0.3 is 19.7 Å². The molecule has 2 aliphatic carbocycles. The lowest BCUT2D eigenvalue weighted by Gasteiger charge is -2.48. The smallest absolute Gasteiger partial charge is 0.262 e. The minimum Gasteiger partial charge on any atom is -0.493 e. The molecule has 2 aromatic rings. The van der Waals surface area contributed by atoms with Gasteiger partial charge in [0.25, 0.3) is 5.91 Å². The zero-order valence-corrected chi connectivity index (χ0v) is 25.6. The van der Waals surface area contributed by atoms with Crippen molar-refractivity contribution in [2.75, 3.05) is 26.1 Å². The maximum absolute atomic E-state index is 13.8. The molecule has 0 radical (unpaired) electrons. The van der Waals surface area contributed by atoms with Crippen LogP contribution in [-0.4, -0.2) is 43.1 Å². The summed E-state index contributed by atoms with van der Waals surface area (Å²) in [5.41, 5.74) is 3.83. The Morgan fingerprint density at radius 1 is 0.976 bits per heavy atom. The fourth-order valence-electron chi connectivity index (χ4n) is 6.41. The van der Waals surface area contributed by atoms with Crippen molar-refractivity contribution in [1.29, 1.82) is 0 Å². The number of amides is 1. The van der Waals surface area contributed by atoms with E-state index in [1.165, 1.54) is 31.4 Å². The number of nitrogens with zero attached hydrogens (tertiary/aromatic N) is 1. The number of hydrogen-bond acceptors (Lipinski definition) is 6. The number of methoxy groups -OCH3 is 1. The number of halogens is 2. The van der Waals surface area contributed by atoms with Crippen LogP contribution in [0.25, 0.3) is 0 Å². The number of ether oxygens (including phenoxy) is 2. The van der Waals surface area contributed by atoms with Crippen molar-refractivity contribution >= 4 is 34.8 Å². The predicted octanol–water partition coefficient (Wildman–Crippen LogP) is 6.82. The Kier molecular flexibility index (Phi) is 7.73. The van der Waals surface area contributed by atoms with Gasteiger partial charge in [-0.1, -0.05) is 39.3 Å². The van der Waals surface area contributed by atoms with Crippen molar-refractivity contribution in [1.82, 2.24) is 4.90 Å². The molecule has 0 unspecified atom stereocenters. The molecule has 0 atom stereocenters. The zero-order chi connectivity index (χ0) is 30.6. The standard InChI is InChI=1S/C33H36ClFN2O5/c1-32(2)13-22-29(24(38)15-32)28(30-23(37(22)5)14-33(3,4)16-25(30)39)18-11-21(34)31(26(12-18)41-6)42-17-27(40)36-20-9-7-19(35)8-10-20/h7-12,28H,13-17H2,1-6H3,(H,36,40). The van der Waals surface area contributed by atoms with Gasteiger partial charge in [0.15, 0.2) is 29.7 Å². The lowest BCUT2D eigenvalue weighted by Crippen LogP contribution is -2.43. The molecular formula is C33H36ClFN2O5. The molecule has 5 rings (SSSR count). The van der Waals surface area contributed by atoms with Crippen LogP contribution in [-0.2, 0) is 14.4 Å². The first-order valence-electron chi connectivity index (χ1n) is 14.0. The molecule has 2 aromatic carbocycles. The third kappa shape index (κ3) is 5.69. The van der Waals surface area contributed by atoms with Gasteiger partial charge in [0.05, 0.1) is 12.1 Å². The van der Waals surface area contributed by atoms with Crippen LogP contribution in [0.2, 0.25) is 5.02 Å². The molecular weight excluding hydrogens is 559 g/mol. The Balaban J connectivity index is 1.53. The first-order chi connectivity index (χ1) is 19.7. The van der Waals surface area contributed by atoms with Crippen LogP contribution >= 0.6 is 11.6 Å². The summed E-state index contributed by atoms with van der Waals surface area (Å²) in [6.45, 7) is 8.00. The van der Waals surface area contributed by atoms with Gasteiger partial charge in [-0.05, 0) is 65.6 Å². The van der Waals surface area contributed by atoms with Gasteiger partial charge in [-0.25, -0.2) is 4.39 Å². The van der Waals surface area contributed by atoms with Crippen molar-refractivity contribution in [3.05, 3.63) is 75.3 Å². The molecule has 1 N–H and O–H groups in total. The minimum absolute atomic E-state index is 0.0233. The molecule has 3 aliphatic rings. The number of Topliss-reactive ketones (excluding diaryl/α,β-unsaturated/α-hetero) is 2. The van der Waals surface area contributed by atoms with E-state index in [1.54, 1.807) is 12.1 Å². The second-order valence-corrected chi connectivity index (χ2v) is 13.4. The van der Waals surface area contributed by atoms with Gasteiger partial charge in [-0.3, -0.25) is 14.4 Å².